The average molecular weight is 237 g/mol. The molecule has 0 saturated carbocycles. The van der Waals surface area contributed by atoms with Gasteiger partial charge in [-0.2, -0.15) is 0 Å². The number of halogens is 1. The average Bonchev–Trinajstić information content (AvgIpc) is 2.77. The van der Waals surface area contributed by atoms with E-state index >= 15 is 0 Å². The molecule has 17 heavy (non-hydrogen) atoms. The van der Waals surface area contributed by atoms with Crippen molar-refractivity contribution < 1.29 is 14.3 Å². The van der Waals surface area contributed by atoms with Crippen LogP contribution in [0.4, 0.5) is 4.39 Å². The molecule has 2 rings (SSSR count). The summed E-state index contributed by atoms with van der Waals surface area (Å²) in [6.45, 7) is 3.38. The Hall–Kier alpha value is -1.58. The zero-order valence-corrected chi connectivity index (χ0v) is 9.82. The Balaban J connectivity index is 2.21. The van der Waals surface area contributed by atoms with E-state index in [4.69, 9.17) is 0 Å². The number of benzene rings is 1. The van der Waals surface area contributed by atoms with Gasteiger partial charge in [0, 0.05) is 13.1 Å². The number of phenols is 1. The Kier molecular flexibility index (Phi) is 3.31. The summed E-state index contributed by atoms with van der Waals surface area (Å²) >= 11 is 0. The van der Waals surface area contributed by atoms with Crippen molar-refractivity contribution in [2.45, 2.75) is 19.8 Å². The molecule has 92 valence electrons. The van der Waals surface area contributed by atoms with Gasteiger partial charge in [0.05, 0.1) is 0 Å². The standard InChI is InChI=1S/C13H16FNO2/c1-2-9-6-7-15(8-9)13(17)12-10(14)4-3-5-11(12)16/h3-5,9,16H,2,6-8H2,1H3. The lowest BCUT2D eigenvalue weighted by atomic mass is 10.1. The maximum Gasteiger partial charge on any atom is 0.260 e. The van der Waals surface area contributed by atoms with Crippen LogP contribution in [0.15, 0.2) is 18.2 Å². The van der Waals surface area contributed by atoms with Crippen molar-refractivity contribution in [1.29, 1.82) is 0 Å². The van der Waals surface area contributed by atoms with Crippen molar-refractivity contribution in [2.75, 3.05) is 13.1 Å². The van der Waals surface area contributed by atoms with Crippen molar-refractivity contribution in [3.8, 4) is 5.75 Å². The largest absolute Gasteiger partial charge is 0.507 e. The molecule has 1 saturated heterocycles. The molecular weight excluding hydrogens is 221 g/mol. The Morgan fingerprint density at radius 2 is 2.35 bits per heavy atom. The Labute approximate surface area is 99.9 Å². The lowest BCUT2D eigenvalue weighted by molar-refractivity contribution is 0.0779. The van der Waals surface area contributed by atoms with E-state index in [9.17, 15) is 14.3 Å². The lowest BCUT2D eigenvalue weighted by Gasteiger charge is -2.17. The van der Waals surface area contributed by atoms with Gasteiger partial charge in [-0.3, -0.25) is 4.79 Å². The van der Waals surface area contributed by atoms with Crippen LogP contribution in [0.25, 0.3) is 0 Å². The number of amides is 1. The van der Waals surface area contributed by atoms with Crippen LogP contribution < -0.4 is 0 Å². The second kappa shape index (κ2) is 4.73. The van der Waals surface area contributed by atoms with Gasteiger partial charge in [-0.1, -0.05) is 19.4 Å². The van der Waals surface area contributed by atoms with Gasteiger partial charge in [0.25, 0.3) is 5.91 Å². The normalized spacial score (nSPS) is 19.6. The quantitative estimate of drug-likeness (QED) is 0.858. The summed E-state index contributed by atoms with van der Waals surface area (Å²) in [6.07, 6.45) is 1.98. The van der Waals surface area contributed by atoms with Gasteiger partial charge in [-0.05, 0) is 24.5 Å². The fourth-order valence-corrected chi connectivity index (χ4v) is 2.23. The lowest BCUT2D eigenvalue weighted by Crippen LogP contribution is -2.29. The SMILES string of the molecule is CCC1CCN(C(=O)c2c(O)cccc2F)C1. The summed E-state index contributed by atoms with van der Waals surface area (Å²) < 4.78 is 13.5. The first kappa shape index (κ1) is 11.9. The fraction of sp³-hybridized carbons (Fsp3) is 0.462. The van der Waals surface area contributed by atoms with E-state index in [-0.39, 0.29) is 11.3 Å². The topological polar surface area (TPSA) is 40.5 Å². The highest BCUT2D eigenvalue weighted by molar-refractivity contribution is 5.97. The molecule has 0 aromatic heterocycles. The van der Waals surface area contributed by atoms with Gasteiger partial charge in [0.2, 0.25) is 0 Å². The number of hydrogen-bond acceptors (Lipinski definition) is 2. The maximum absolute atomic E-state index is 13.5. The summed E-state index contributed by atoms with van der Waals surface area (Å²) in [5.41, 5.74) is -0.204. The molecule has 0 radical (unpaired) electrons. The van der Waals surface area contributed by atoms with Crippen LogP contribution in [-0.2, 0) is 0 Å². The molecule has 3 nitrogen and oxygen atoms in total. The number of hydrogen-bond donors (Lipinski definition) is 1. The van der Waals surface area contributed by atoms with Crippen LogP contribution >= 0.6 is 0 Å². The van der Waals surface area contributed by atoms with Crippen molar-refractivity contribution >= 4 is 5.91 Å². The molecule has 1 aromatic rings. The van der Waals surface area contributed by atoms with E-state index < -0.39 is 11.7 Å². The molecular formula is C13H16FNO2. The number of nitrogens with zero attached hydrogens (tertiary/aromatic N) is 1. The van der Waals surface area contributed by atoms with Gasteiger partial charge in [-0.15, -0.1) is 0 Å². The third-order valence-corrected chi connectivity index (χ3v) is 3.36. The van der Waals surface area contributed by atoms with E-state index in [0.29, 0.717) is 19.0 Å². The highest BCUT2D eigenvalue weighted by Crippen LogP contribution is 2.26. The molecule has 1 atom stereocenters. The molecule has 0 aliphatic carbocycles. The van der Waals surface area contributed by atoms with Gasteiger partial charge in [0.15, 0.2) is 0 Å². The molecule has 1 amide bonds. The number of rotatable bonds is 2. The minimum atomic E-state index is -0.657. The van der Waals surface area contributed by atoms with Crippen LogP contribution in [0, 0.1) is 11.7 Å². The molecule has 1 N–H and O–H groups in total. The number of phenolic OH excluding ortho intramolecular Hbond substituents is 1. The van der Waals surface area contributed by atoms with Gasteiger partial charge in [0.1, 0.15) is 17.1 Å². The van der Waals surface area contributed by atoms with Crippen LogP contribution in [0.5, 0.6) is 5.75 Å². The van der Waals surface area contributed by atoms with Crippen LogP contribution in [0.1, 0.15) is 30.1 Å². The summed E-state index contributed by atoms with van der Waals surface area (Å²) in [5, 5.41) is 9.56. The van der Waals surface area contributed by atoms with Gasteiger partial charge >= 0.3 is 0 Å². The van der Waals surface area contributed by atoms with Crippen LogP contribution in [0.2, 0.25) is 0 Å². The van der Waals surface area contributed by atoms with Crippen molar-refractivity contribution in [3.05, 3.63) is 29.6 Å². The zero-order valence-electron chi connectivity index (χ0n) is 9.82. The van der Waals surface area contributed by atoms with E-state index in [2.05, 4.69) is 6.92 Å². The summed E-state index contributed by atoms with van der Waals surface area (Å²) in [4.78, 5) is 13.7. The number of likely N-dealkylation sites (tertiary alicyclic amines) is 1. The molecule has 1 heterocycles. The van der Waals surface area contributed by atoms with Crippen LogP contribution in [-0.4, -0.2) is 29.0 Å². The highest BCUT2D eigenvalue weighted by Gasteiger charge is 2.28. The second-order valence-electron chi connectivity index (χ2n) is 4.45. The number of aromatic hydroxyl groups is 1. The molecule has 0 bridgehead atoms. The number of carbonyl (C=O) groups excluding carboxylic acids is 1. The minimum absolute atomic E-state index is 0.204. The smallest absolute Gasteiger partial charge is 0.260 e. The molecule has 4 heteroatoms. The molecule has 1 aliphatic heterocycles. The third kappa shape index (κ3) is 2.25. The number of carbonyl (C=O) groups is 1. The predicted molar refractivity (Wildman–Crippen MR) is 62.4 cm³/mol. The summed E-state index contributed by atoms with van der Waals surface area (Å²) in [6, 6.07) is 3.92. The Bertz CT molecular complexity index is 413. The maximum atomic E-state index is 13.5. The molecule has 1 unspecified atom stereocenters. The Morgan fingerprint density at radius 3 is 2.94 bits per heavy atom. The summed E-state index contributed by atoms with van der Waals surface area (Å²) in [7, 11) is 0. The Morgan fingerprint density at radius 1 is 1.59 bits per heavy atom. The van der Waals surface area contributed by atoms with Crippen molar-refractivity contribution in [2.24, 2.45) is 5.92 Å². The molecule has 1 fully saturated rings. The minimum Gasteiger partial charge on any atom is -0.507 e. The predicted octanol–water partition coefficient (Wildman–Crippen LogP) is 2.40. The second-order valence-corrected chi connectivity index (χ2v) is 4.45. The first-order valence-corrected chi connectivity index (χ1v) is 5.90. The third-order valence-electron chi connectivity index (χ3n) is 3.36. The van der Waals surface area contributed by atoms with E-state index in [1.165, 1.54) is 18.2 Å². The monoisotopic (exact) mass is 237 g/mol. The fourth-order valence-electron chi connectivity index (χ4n) is 2.23. The molecule has 1 aliphatic rings. The van der Waals surface area contributed by atoms with E-state index in [0.717, 1.165) is 12.8 Å². The van der Waals surface area contributed by atoms with Crippen LogP contribution in [0.3, 0.4) is 0 Å². The van der Waals surface area contributed by atoms with Crippen molar-refractivity contribution in [1.82, 2.24) is 4.90 Å². The first-order chi connectivity index (χ1) is 8.13. The van der Waals surface area contributed by atoms with Crippen molar-refractivity contribution in [3.63, 3.8) is 0 Å². The molecule has 1 aromatic carbocycles. The zero-order chi connectivity index (χ0) is 12.4. The van der Waals surface area contributed by atoms with E-state index in [1.807, 2.05) is 0 Å². The highest BCUT2D eigenvalue weighted by atomic mass is 19.1. The summed E-state index contributed by atoms with van der Waals surface area (Å²) in [5.74, 6) is -0.852. The van der Waals surface area contributed by atoms with Gasteiger partial charge < -0.3 is 10.0 Å². The van der Waals surface area contributed by atoms with Gasteiger partial charge in [-0.25, -0.2) is 4.39 Å². The first-order valence-electron chi connectivity index (χ1n) is 5.90. The molecule has 0 spiro atoms. The van der Waals surface area contributed by atoms with E-state index in [1.54, 1.807) is 4.90 Å².